The van der Waals surface area contributed by atoms with Crippen LogP contribution in [0.1, 0.15) is 67.2 Å². The van der Waals surface area contributed by atoms with Crippen molar-refractivity contribution in [2.45, 2.75) is 85.4 Å². The van der Waals surface area contributed by atoms with E-state index in [-0.39, 0.29) is 44.3 Å². The molecule has 0 heterocycles. The smallest absolute Gasteiger partial charge is 4.00 e. The van der Waals surface area contributed by atoms with Crippen LogP contribution in [0.5, 0.6) is 0 Å². The Morgan fingerprint density at radius 2 is 1.30 bits per heavy atom. The zero-order valence-corrected chi connectivity index (χ0v) is 21.2. The average molecular weight is 465 g/mol. The Morgan fingerprint density at radius 3 is 1.39 bits per heavy atom. The zero-order valence-electron chi connectivity index (χ0n) is 15.8. The van der Waals surface area contributed by atoms with Gasteiger partial charge in [0.15, 0.2) is 0 Å². The van der Waals surface area contributed by atoms with Crippen LogP contribution in [-0.4, -0.2) is 34.0 Å². The summed E-state index contributed by atoms with van der Waals surface area (Å²) in [5, 5.41) is 0. The summed E-state index contributed by atoms with van der Waals surface area (Å²) >= 11 is -1.75. The third-order valence-corrected chi connectivity index (χ3v) is 4.37. The van der Waals surface area contributed by atoms with Crippen LogP contribution in [0.15, 0.2) is 16.6 Å². The van der Waals surface area contributed by atoms with E-state index in [1.54, 1.807) is 0 Å². The Bertz CT molecular complexity index is 252. The molecule has 1 aliphatic rings. The molecule has 0 amide bonds. The molecule has 3 nitrogen and oxygen atoms in total. The Labute approximate surface area is 170 Å². The van der Waals surface area contributed by atoms with E-state index in [0.29, 0.717) is 0 Å². The second-order valence-corrected chi connectivity index (χ2v) is 7.53. The van der Waals surface area contributed by atoms with Gasteiger partial charge in [-0.1, -0.05) is 60.8 Å². The molecule has 0 saturated heterocycles. The summed E-state index contributed by atoms with van der Waals surface area (Å²) in [4.78, 5) is 0. The molecule has 0 aliphatic heterocycles. The van der Waals surface area contributed by atoms with Gasteiger partial charge in [-0.05, 0) is 0 Å². The predicted octanol–water partition coefficient (Wildman–Crippen LogP) is 6.20. The molecule has 0 aromatic carbocycles. The summed E-state index contributed by atoms with van der Waals surface area (Å²) in [7, 11) is 0. The summed E-state index contributed by atoms with van der Waals surface area (Å²) in [6.07, 6.45) is 10.5. The topological polar surface area (TPSA) is 71.4 Å². The van der Waals surface area contributed by atoms with Crippen LogP contribution in [-0.2, 0) is 26.2 Å². The van der Waals surface area contributed by atoms with Gasteiger partial charge in [0, 0.05) is 0 Å². The van der Waals surface area contributed by atoms with Gasteiger partial charge >= 0.3 is 74.7 Å². The number of rotatable bonds is 4. The van der Waals surface area contributed by atoms with E-state index >= 15 is 0 Å². The van der Waals surface area contributed by atoms with Gasteiger partial charge in [0.1, 0.15) is 0 Å². The maximum Gasteiger partial charge on any atom is 4.00 e. The Kier molecular flexibility index (Phi) is 34.2. The molecule has 134 valence electrons. The number of hydrogen-bond acceptors (Lipinski definition) is 0. The summed E-state index contributed by atoms with van der Waals surface area (Å²) < 4.78 is 12.6. The number of hydrogen-bond donors (Lipinski definition) is 0. The van der Waals surface area contributed by atoms with Gasteiger partial charge in [0.2, 0.25) is 0 Å². The largest absolute Gasteiger partial charge is 4.00 e. The molecule has 3 unspecified atom stereocenters. The van der Waals surface area contributed by atoms with E-state index in [1.807, 2.05) is 53.7 Å². The molecule has 0 fully saturated rings. The zero-order chi connectivity index (χ0) is 18.0. The first-order valence-corrected chi connectivity index (χ1v) is 10.8. The standard InChI is InChI=1S/C5H6FGe.3C4H10N.Zr/c6-7-5-3-1-2-4-5;3*1-3-4(2)5;/h1,3H,2,7H2;3*4-5H,3H2,1-2H3;/q4*-1;+4. The molecule has 1 rings (SSSR count). The van der Waals surface area contributed by atoms with Gasteiger partial charge < -0.3 is 17.2 Å². The van der Waals surface area contributed by atoms with Crippen molar-refractivity contribution in [2.75, 3.05) is 0 Å². The van der Waals surface area contributed by atoms with Gasteiger partial charge in [0.25, 0.3) is 0 Å². The summed E-state index contributed by atoms with van der Waals surface area (Å²) in [5.74, 6) is 0. The Balaban J connectivity index is -0.000000105. The van der Waals surface area contributed by atoms with E-state index in [0.717, 1.165) is 30.1 Å². The summed E-state index contributed by atoms with van der Waals surface area (Å²) in [6, 6.07) is 0.403. The molecule has 3 N–H and O–H groups in total. The molecule has 3 atom stereocenters. The van der Waals surface area contributed by atoms with Gasteiger partial charge in [0.05, 0.1) is 0 Å². The second-order valence-electron chi connectivity index (χ2n) is 5.37. The third-order valence-electron chi connectivity index (χ3n) is 2.75. The molecule has 0 aromatic rings. The van der Waals surface area contributed by atoms with Gasteiger partial charge in [-0.2, -0.15) is 0 Å². The summed E-state index contributed by atoms with van der Waals surface area (Å²) in [6.45, 7) is 11.7. The monoisotopic (exact) mass is 465 g/mol. The molecule has 1 aliphatic carbocycles. The second kappa shape index (κ2) is 25.0. The van der Waals surface area contributed by atoms with Crippen molar-refractivity contribution in [3.63, 3.8) is 0 Å². The molecule has 0 saturated carbocycles. The Morgan fingerprint density at radius 1 is 1.00 bits per heavy atom. The van der Waals surface area contributed by atoms with E-state index in [9.17, 15) is 3.50 Å². The van der Waals surface area contributed by atoms with E-state index < -0.39 is 15.9 Å². The van der Waals surface area contributed by atoms with E-state index in [2.05, 4.69) is 6.08 Å². The van der Waals surface area contributed by atoms with Crippen molar-refractivity contribution >= 4 is 15.9 Å². The molecular formula is C17H36FGeN3Zr. The number of allylic oxidation sites excluding steroid dienone is 4. The minimum absolute atomic E-state index is 0. The SMILES string of the molecule is CCC(C)[NH-].CCC(C)[NH-].CCC(C)[NH-].[F][GeH2][C]1=[C-]CC=C1.[Zr+4]. The van der Waals surface area contributed by atoms with Crippen LogP contribution >= 0.6 is 0 Å². The van der Waals surface area contributed by atoms with Crippen molar-refractivity contribution in [2.24, 2.45) is 0 Å². The first kappa shape index (κ1) is 31.5. The summed E-state index contributed by atoms with van der Waals surface area (Å²) in [5.41, 5.74) is 20.5. The minimum Gasteiger partial charge on any atom is 4.00 e. The quantitative estimate of drug-likeness (QED) is 0.351. The normalized spacial score (nSPS) is 15.7. The fourth-order valence-corrected chi connectivity index (χ4v) is 1.58. The van der Waals surface area contributed by atoms with Crippen LogP contribution in [0, 0.1) is 6.08 Å². The molecular weight excluding hydrogens is 429 g/mol. The van der Waals surface area contributed by atoms with Crippen LogP contribution in [0.3, 0.4) is 0 Å². The van der Waals surface area contributed by atoms with Crippen LogP contribution in [0.4, 0.5) is 3.50 Å². The van der Waals surface area contributed by atoms with Crippen LogP contribution in [0.2, 0.25) is 0 Å². The van der Waals surface area contributed by atoms with Crippen molar-refractivity contribution in [3.8, 4) is 0 Å². The van der Waals surface area contributed by atoms with Crippen molar-refractivity contribution in [1.29, 1.82) is 0 Å². The third kappa shape index (κ3) is 39.5. The number of halogens is 1. The fourth-order valence-electron chi connectivity index (χ4n) is 0.542. The van der Waals surface area contributed by atoms with Gasteiger partial charge in [-0.15, -0.1) is 18.1 Å². The predicted molar refractivity (Wildman–Crippen MR) is 102 cm³/mol. The van der Waals surface area contributed by atoms with Crippen molar-refractivity contribution in [3.05, 3.63) is 39.8 Å². The number of nitrogens with one attached hydrogen (secondary N) is 3. The van der Waals surface area contributed by atoms with E-state index in [1.165, 1.54) is 0 Å². The molecule has 0 spiro atoms. The van der Waals surface area contributed by atoms with Crippen LogP contribution in [0.25, 0.3) is 17.2 Å². The molecule has 23 heavy (non-hydrogen) atoms. The van der Waals surface area contributed by atoms with Crippen molar-refractivity contribution < 1.29 is 29.7 Å². The van der Waals surface area contributed by atoms with Crippen molar-refractivity contribution in [1.82, 2.24) is 0 Å². The molecule has 0 bridgehead atoms. The van der Waals surface area contributed by atoms with E-state index in [4.69, 9.17) is 17.2 Å². The minimum atomic E-state index is -1.75. The van der Waals surface area contributed by atoms with Gasteiger partial charge in [-0.25, -0.2) is 0 Å². The fraction of sp³-hybridized carbons (Fsp3) is 0.765. The average Bonchev–Trinajstić information content (AvgIpc) is 3.02. The maximum absolute atomic E-state index is 11.7. The van der Waals surface area contributed by atoms with Gasteiger partial charge in [-0.3, -0.25) is 0 Å². The first-order valence-electron chi connectivity index (χ1n) is 8.20. The maximum atomic E-state index is 11.7. The Hall–Kier alpha value is 0.716. The first-order chi connectivity index (χ1) is 10.2. The van der Waals surface area contributed by atoms with Crippen LogP contribution < -0.4 is 0 Å². The molecule has 0 radical (unpaired) electrons. The molecule has 0 aromatic heterocycles. The molecule has 6 heteroatoms.